The van der Waals surface area contributed by atoms with Crippen LogP contribution in [0.5, 0.6) is 0 Å². The van der Waals surface area contributed by atoms with Crippen LogP contribution < -0.4 is 0 Å². The van der Waals surface area contributed by atoms with Gasteiger partial charge in [-0.1, -0.05) is 6.07 Å². The summed E-state index contributed by atoms with van der Waals surface area (Å²) in [7, 11) is 0. The van der Waals surface area contributed by atoms with Crippen LogP contribution in [0.15, 0.2) is 12.1 Å². The molecular formula is C9H8FNO4. The lowest BCUT2D eigenvalue weighted by Gasteiger charge is -2.02. The van der Waals surface area contributed by atoms with Gasteiger partial charge in [-0.2, -0.15) is 4.39 Å². The summed E-state index contributed by atoms with van der Waals surface area (Å²) in [4.78, 5) is 19.9. The zero-order chi connectivity index (χ0) is 11.6. The number of hydrogen-bond acceptors (Lipinski definition) is 3. The third kappa shape index (κ3) is 2.49. The molecule has 0 saturated heterocycles. The number of carbonyl (C=O) groups is 1. The highest BCUT2D eigenvalue weighted by Gasteiger charge is 2.19. The largest absolute Gasteiger partial charge is 0.481 e. The summed E-state index contributed by atoms with van der Waals surface area (Å²) in [6.45, 7) is 1.54. The third-order valence-electron chi connectivity index (χ3n) is 1.81. The summed E-state index contributed by atoms with van der Waals surface area (Å²) in [6, 6.07) is 2.36. The lowest BCUT2D eigenvalue weighted by atomic mass is 10.1. The van der Waals surface area contributed by atoms with E-state index in [0.29, 0.717) is 5.56 Å². The van der Waals surface area contributed by atoms with Crippen LogP contribution in [0, 0.1) is 22.9 Å². The molecule has 0 unspecified atom stereocenters. The molecule has 0 aliphatic carbocycles. The highest BCUT2D eigenvalue weighted by Crippen LogP contribution is 2.23. The number of rotatable bonds is 3. The Balaban J connectivity index is 3.28. The predicted molar refractivity (Wildman–Crippen MR) is 49.1 cm³/mol. The summed E-state index contributed by atoms with van der Waals surface area (Å²) < 4.78 is 13.4. The lowest BCUT2D eigenvalue weighted by Crippen LogP contribution is -2.05. The standard InChI is InChI=1S/C9H8FNO4/c1-5-2-6(4-8(12)13)9(10)7(3-5)11(14)15/h2-3H,4H2,1H3,(H,12,13). The molecule has 1 rings (SSSR count). The molecule has 80 valence electrons. The van der Waals surface area contributed by atoms with Gasteiger partial charge in [0.05, 0.1) is 11.3 Å². The Morgan fingerprint density at radius 3 is 2.67 bits per heavy atom. The first-order chi connectivity index (χ1) is 6.91. The van der Waals surface area contributed by atoms with Crippen LogP contribution in [-0.4, -0.2) is 16.0 Å². The molecule has 0 spiro atoms. The summed E-state index contributed by atoms with van der Waals surface area (Å²) >= 11 is 0. The fourth-order valence-corrected chi connectivity index (χ4v) is 1.25. The zero-order valence-electron chi connectivity index (χ0n) is 7.86. The second-order valence-electron chi connectivity index (χ2n) is 3.08. The van der Waals surface area contributed by atoms with Crippen molar-refractivity contribution in [1.29, 1.82) is 0 Å². The summed E-state index contributed by atoms with van der Waals surface area (Å²) in [5, 5.41) is 18.9. The van der Waals surface area contributed by atoms with Crippen LogP contribution in [0.25, 0.3) is 0 Å². The van der Waals surface area contributed by atoms with Gasteiger partial charge in [-0.25, -0.2) is 0 Å². The molecule has 15 heavy (non-hydrogen) atoms. The second-order valence-corrected chi connectivity index (χ2v) is 3.08. The van der Waals surface area contributed by atoms with Crippen molar-refractivity contribution < 1.29 is 19.2 Å². The zero-order valence-corrected chi connectivity index (χ0v) is 7.86. The molecule has 0 atom stereocenters. The maximum atomic E-state index is 13.4. The van der Waals surface area contributed by atoms with Crippen molar-refractivity contribution >= 4 is 11.7 Å². The van der Waals surface area contributed by atoms with Crippen molar-refractivity contribution in [2.45, 2.75) is 13.3 Å². The molecule has 0 aromatic heterocycles. The van der Waals surface area contributed by atoms with Gasteiger partial charge in [-0.3, -0.25) is 14.9 Å². The number of aliphatic carboxylic acids is 1. The molecule has 1 aromatic rings. The monoisotopic (exact) mass is 213 g/mol. The van der Waals surface area contributed by atoms with Gasteiger partial charge in [0.15, 0.2) is 0 Å². The smallest absolute Gasteiger partial charge is 0.307 e. The molecule has 0 radical (unpaired) electrons. The normalized spacial score (nSPS) is 10.0. The summed E-state index contributed by atoms with van der Waals surface area (Å²) in [5.74, 6) is -2.30. The first-order valence-electron chi connectivity index (χ1n) is 4.07. The van der Waals surface area contributed by atoms with E-state index in [1.54, 1.807) is 0 Å². The average Bonchev–Trinajstić information content (AvgIpc) is 2.09. The summed E-state index contributed by atoms with van der Waals surface area (Å²) in [5.41, 5.74) is -0.403. The maximum absolute atomic E-state index is 13.4. The van der Waals surface area contributed by atoms with E-state index >= 15 is 0 Å². The van der Waals surface area contributed by atoms with E-state index in [2.05, 4.69) is 0 Å². The number of benzene rings is 1. The first kappa shape index (κ1) is 11.1. The minimum atomic E-state index is -1.23. The van der Waals surface area contributed by atoms with E-state index in [1.807, 2.05) is 0 Å². The molecular weight excluding hydrogens is 205 g/mol. The molecule has 0 fully saturated rings. The number of nitro benzene ring substituents is 1. The second kappa shape index (κ2) is 4.04. The van der Waals surface area contributed by atoms with Gasteiger partial charge >= 0.3 is 11.7 Å². The van der Waals surface area contributed by atoms with E-state index in [-0.39, 0.29) is 5.56 Å². The molecule has 1 aromatic carbocycles. The Bertz CT molecular complexity index is 430. The van der Waals surface area contributed by atoms with Gasteiger partial charge < -0.3 is 5.11 Å². The number of carboxylic acids is 1. The highest BCUT2D eigenvalue weighted by molar-refractivity contribution is 5.70. The first-order valence-corrected chi connectivity index (χ1v) is 4.07. The van der Waals surface area contributed by atoms with Gasteiger partial charge in [0, 0.05) is 11.6 Å². The summed E-state index contributed by atoms with van der Waals surface area (Å²) in [6.07, 6.45) is -0.561. The van der Waals surface area contributed by atoms with E-state index in [1.165, 1.54) is 13.0 Å². The van der Waals surface area contributed by atoms with Crippen molar-refractivity contribution in [3.05, 3.63) is 39.2 Å². The molecule has 0 aliphatic rings. The van der Waals surface area contributed by atoms with Crippen LogP contribution in [0.3, 0.4) is 0 Å². The number of halogens is 1. The van der Waals surface area contributed by atoms with Gasteiger partial charge in [0.25, 0.3) is 0 Å². The van der Waals surface area contributed by atoms with E-state index < -0.39 is 28.8 Å². The van der Waals surface area contributed by atoms with Crippen LogP contribution >= 0.6 is 0 Å². The van der Waals surface area contributed by atoms with Gasteiger partial charge in [-0.05, 0) is 12.5 Å². The SMILES string of the molecule is Cc1cc(CC(=O)O)c(F)c([N+](=O)[O-])c1. The van der Waals surface area contributed by atoms with Crippen LogP contribution in [0.4, 0.5) is 10.1 Å². The van der Waals surface area contributed by atoms with Crippen molar-refractivity contribution in [3.8, 4) is 0 Å². The quantitative estimate of drug-likeness (QED) is 0.611. The van der Waals surface area contributed by atoms with Crippen molar-refractivity contribution in [2.75, 3.05) is 0 Å². The van der Waals surface area contributed by atoms with E-state index in [9.17, 15) is 19.3 Å². The minimum Gasteiger partial charge on any atom is -0.481 e. The fraction of sp³-hybridized carbons (Fsp3) is 0.222. The van der Waals surface area contributed by atoms with E-state index in [0.717, 1.165) is 6.07 Å². The predicted octanol–water partition coefficient (Wildman–Crippen LogP) is 1.67. The molecule has 1 N–H and O–H groups in total. The molecule has 6 heteroatoms. The molecule has 0 amide bonds. The van der Waals surface area contributed by atoms with Crippen LogP contribution in [0.1, 0.15) is 11.1 Å². The topological polar surface area (TPSA) is 80.4 Å². The Morgan fingerprint density at radius 2 is 2.20 bits per heavy atom. The Morgan fingerprint density at radius 1 is 1.60 bits per heavy atom. The Hall–Kier alpha value is -1.98. The van der Waals surface area contributed by atoms with E-state index in [4.69, 9.17) is 5.11 Å². The van der Waals surface area contributed by atoms with Crippen molar-refractivity contribution in [1.82, 2.24) is 0 Å². The number of aryl methyl sites for hydroxylation is 1. The van der Waals surface area contributed by atoms with Crippen LogP contribution in [-0.2, 0) is 11.2 Å². The molecule has 0 saturated carbocycles. The Labute approximate surface area is 84.3 Å². The molecule has 5 nitrogen and oxygen atoms in total. The number of hydrogen-bond donors (Lipinski definition) is 1. The lowest BCUT2D eigenvalue weighted by molar-refractivity contribution is -0.387. The molecule has 0 heterocycles. The van der Waals surface area contributed by atoms with Crippen LogP contribution in [0.2, 0.25) is 0 Å². The number of nitrogens with zero attached hydrogens (tertiary/aromatic N) is 1. The average molecular weight is 213 g/mol. The van der Waals surface area contributed by atoms with Crippen molar-refractivity contribution in [3.63, 3.8) is 0 Å². The maximum Gasteiger partial charge on any atom is 0.307 e. The molecule has 0 bridgehead atoms. The van der Waals surface area contributed by atoms with Gasteiger partial charge in [-0.15, -0.1) is 0 Å². The minimum absolute atomic E-state index is 0.172. The van der Waals surface area contributed by atoms with Gasteiger partial charge in [0.2, 0.25) is 5.82 Å². The Kier molecular flexibility index (Phi) is 2.99. The fourth-order valence-electron chi connectivity index (χ4n) is 1.25. The highest BCUT2D eigenvalue weighted by atomic mass is 19.1. The molecule has 0 aliphatic heterocycles. The third-order valence-corrected chi connectivity index (χ3v) is 1.81. The van der Waals surface area contributed by atoms with Crippen molar-refractivity contribution in [2.24, 2.45) is 0 Å². The van der Waals surface area contributed by atoms with Gasteiger partial charge in [0.1, 0.15) is 0 Å². The number of carboxylic acid groups (broad SMARTS) is 1. The number of nitro groups is 1.